The largest absolute Gasteiger partial charge is 0.320 e. The number of anilines is 2. The second-order valence-corrected chi connectivity index (χ2v) is 7.57. The number of hydrogen-bond acceptors (Lipinski definition) is 4. The molecule has 0 saturated heterocycles. The topological polar surface area (TPSA) is 82.9 Å². The van der Waals surface area contributed by atoms with Crippen LogP contribution in [0.4, 0.5) is 22.7 Å². The molecule has 2 aliphatic heterocycles. The lowest BCUT2D eigenvalue weighted by Crippen LogP contribution is -2.14. The Morgan fingerprint density at radius 3 is 1.41 bits per heavy atom. The molecule has 0 unspecified atom stereocenters. The number of aliphatic imine (C=N–C) groups is 2. The van der Waals surface area contributed by atoms with Crippen molar-refractivity contribution in [3.63, 3.8) is 0 Å². The van der Waals surface area contributed by atoms with Gasteiger partial charge in [0.15, 0.2) is 0 Å². The summed E-state index contributed by atoms with van der Waals surface area (Å²) < 4.78 is 0. The molecule has 6 nitrogen and oxygen atoms in total. The van der Waals surface area contributed by atoms with Gasteiger partial charge in [-0.15, -0.1) is 0 Å². The number of para-hydroxylation sites is 2. The molecule has 2 N–H and O–H groups in total. The first-order chi connectivity index (χ1) is 15.7. The monoisotopic (exact) mass is 416 g/mol. The lowest BCUT2D eigenvalue weighted by molar-refractivity contribution is -0.110. The van der Waals surface area contributed by atoms with E-state index in [0.29, 0.717) is 22.8 Å². The van der Waals surface area contributed by atoms with E-state index in [2.05, 4.69) is 10.6 Å². The summed E-state index contributed by atoms with van der Waals surface area (Å²) in [4.78, 5) is 34.4. The van der Waals surface area contributed by atoms with Crippen LogP contribution in [0.5, 0.6) is 0 Å². The summed E-state index contributed by atoms with van der Waals surface area (Å²) in [5.41, 5.74) is 5.19. The molecule has 2 heterocycles. The predicted molar refractivity (Wildman–Crippen MR) is 126 cm³/mol. The van der Waals surface area contributed by atoms with Gasteiger partial charge in [0.1, 0.15) is 11.4 Å². The van der Waals surface area contributed by atoms with Gasteiger partial charge in [0.25, 0.3) is 11.8 Å². The number of amides is 2. The Morgan fingerprint density at radius 1 is 0.500 bits per heavy atom. The molecule has 2 amide bonds. The van der Waals surface area contributed by atoms with E-state index in [4.69, 9.17) is 9.98 Å². The summed E-state index contributed by atoms with van der Waals surface area (Å²) in [6.07, 6.45) is 0. The van der Waals surface area contributed by atoms with Crippen molar-refractivity contribution in [1.82, 2.24) is 0 Å². The van der Waals surface area contributed by atoms with Crippen LogP contribution in [0.15, 0.2) is 94.9 Å². The first-order valence-electron chi connectivity index (χ1n) is 10.2. The van der Waals surface area contributed by atoms with Crippen LogP contribution in [0.1, 0.15) is 11.1 Å². The quantitative estimate of drug-likeness (QED) is 0.483. The fourth-order valence-electron chi connectivity index (χ4n) is 4.14. The van der Waals surface area contributed by atoms with Gasteiger partial charge in [-0.3, -0.25) is 9.59 Å². The summed E-state index contributed by atoms with van der Waals surface area (Å²) in [6, 6.07) is 26.4. The van der Waals surface area contributed by atoms with Crippen molar-refractivity contribution in [3.05, 3.63) is 96.1 Å². The van der Waals surface area contributed by atoms with Crippen LogP contribution < -0.4 is 10.6 Å². The molecule has 0 fully saturated rings. The second kappa shape index (κ2) is 6.99. The lowest BCUT2D eigenvalue weighted by atomic mass is 10.1. The number of hydrogen-bond donors (Lipinski definition) is 2. The average Bonchev–Trinajstić information content (AvgIpc) is 3.30. The van der Waals surface area contributed by atoms with Crippen molar-refractivity contribution < 1.29 is 9.59 Å². The molecule has 0 saturated carbocycles. The van der Waals surface area contributed by atoms with Gasteiger partial charge in [-0.2, -0.15) is 0 Å². The number of carbonyl (C=O) groups excluding carboxylic acids is 2. The molecule has 0 aromatic heterocycles. The zero-order valence-corrected chi connectivity index (χ0v) is 16.8. The maximum absolute atomic E-state index is 12.5. The van der Waals surface area contributed by atoms with Crippen LogP contribution >= 0.6 is 0 Å². The Balaban J connectivity index is 1.50. The third-order valence-electron chi connectivity index (χ3n) is 5.63. The Hall–Kier alpha value is -4.58. The van der Waals surface area contributed by atoms with Gasteiger partial charge >= 0.3 is 0 Å². The molecule has 6 heteroatoms. The summed E-state index contributed by atoms with van der Waals surface area (Å²) in [7, 11) is 0. The number of rotatable bonds is 2. The Kier molecular flexibility index (Phi) is 3.98. The van der Waals surface area contributed by atoms with E-state index in [1.165, 1.54) is 0 Å². The number of nitrogens with one attached hydrogen (secondary N) is 2. The van der Waals surface area contributed by atoms with Gasteiger partial charge in [0.05, 0.1) is 22.7 Å². The van der Waals surface area contributed by atoms with Crippen molar-refractivity contribution in [3.8, 4) is 0 Å². The lowest BCUT2D eigenvalue weighted by Gasteiger charge is -2.07. The van der Waals surface area contributed by atoms with Gasteiger partial charge in [-0.05, 0) is 24.3 Å². The van der Waals surface area contributed by atoms with Crippen LogP contribution in [0.25, 0.3) is 10.8 Å². The Bertz CT molecular complexity index is 1400. The maximum Gasteiger partial charge on any atom is 0.275 e. The average molecular weight is 416 g/mol. The first-order valence-corrected chi connectivity index (χ1v) is 10.2. The summed E-state index contributed by atoms with van der Waals surface area (Å²) in [5, 5.41) is 7.41. The predicted octanol–water partition coefficient (Wildman–Crippen LogP) is 4.99. The fourth-order valence-corrected chi connectivity index (χ4v) is 4.14. The number of carbonyl (C=O) groups is 2. The van der Waals surface area contributed by atoms with Crippen LogP contribution in [0.3, 0.4) is 0 Å². The molecule has 0 radical (unpaired) electrons. The van der Waals surface area contributed by atoms with Crippen LogP contribution in [0, 0.1) is 0 Å². The van der Waals surface area contributed by atoms with Gasteiger partial charge in [-0.1, -0.05) is 60.7 Å². The molecular weight excluding hydrogens is 400 g/mol. The first kappa shape index (κ1) is 18.2. The van der Waals surface area contributed by atoms with E-state index in [9.17, 15) is 9.59 Å². The van der Waals surface area contributed by atoms with E-state index < -0.39 is 0 Å². The molecule has 6 rings (SSSR count). The normalized spacial score (nSPS) is 16.9. The van der Waals surface area contributed by atoms with Gasteiger partial charge in [-0.25, -0.2) is 9.98 Å². The molecule has 152 valence electrons. The van der Waals surface area contributed by atoms with Crippen molar-refractivity contribution in [2.75, 3.05) is 10.6 Å². The minimum absolute atomic E-state index is 0.223. The fraction of sp³-hybridized carbons (Fsp3) is 0. The Labute approximate surface area is 183 Å². The van der Waals surface area contributed by atoms with Gasteiger partial charge in [0, 0.05) is 21.9 Å². The molecule has 0 atom stereocenters. The van der Waals surface area contributed by atoms with Crippen LogP contribution in [0.2, 0.25) is 0 Å². The maximum atomic E-state index is 12.5. The van der Waals surface area contributed by atoms with E-state index in [1.54, 1.807) is 0 Å². The van der Waals surface area contributed by atoms with E-state index in [0.717, 1.165) is 33.3 Å². The Morgan fingerprint density at radius 2 is 0.938 bits per heavy atom. The van der Waals surface area contributed by atoms with Gasteiger partial charge in [0.2, 0.25) is 0 Å². The summed E-state index contributed by atoms with van der Waals surface area (Å²) >= 11 is 0. The molecule has 4 aromatic rings. The van der Waals surface area contributed by atoms with Crippen molar-refractivity contribution in [1.29, 1.82) is 0 Å². The molecule has 32 heavy (non-hydrogen) atoms. The molecular formula is C26H16N4O2. The third kappa shape index (κ3) is 2.81. The molecule has 2 aliphatic rings. The molecule has 4 aromatic carbocycles. The molecule has 0 aliphatic carbocycles. The molecule has 0 bridgehead atoms. The van der Waals surface area contributed by atoms with Crippen LogP contribution in [-0.2, 0) is 9.59 Å². The minimum atomic E-state index is -0.223. The van der Waals surface area contributed by atoms with E-state index >= 15 is 0 Å². The van der Waals surface area contributed by atoms with Crippen molar-refractivity contribution >= 4 is 56.8 Å². The SMILES string of the molecule is O=C1Nc2ccccc2C1=Nc1cccc2c(N=C3C(=O)Nc4ccccc43)cccc12. The summed E-state index contributed by atoms with van der Waals surface area (Å²) in [6.45, 7) is 0. The second-order valence-electron chi connectivity index (χ2n) is 7.57. The van der Waals surface area contributed by atoms with Crippen molar-refractivity contribution in [2.45, 2.75) is 0 Å². The third-order valence-corrected chi connectivity index (χ3v) is 5.63. The van der Waals surface area contributed by atoms with Crippen molar-refractivity contribution in [2.24, 2.45) is 9.98 Å². The minimum Gasteiger partial charge on any atom is -0.320 e. The van der Waals surface area contributed by atoms with E-state index in [1.807, 2.05) is 84.9 Å². The number of benzene rings is 4. The highest BCUT2D eigenvalue weighted by Gasteiger charge is 2.27. The molecule has 0 spiro atoms. The highest BCUT2D eigenvalue weighted by Crippen LogP contribution is 2.35. The standard InChI is InChI=1S/C26H16N4O2/c31-25-23(17-7-1-3-11-21(17)29-25)27-19-13-5-10-16-15(19)9-6-14-20(16)28-24-18-8-2-4-12-22(18)30-26(24)32/h1-14H,(H,27,29,31)(H,28,30,32). The highest BCUT2D eigenvalue weighted by atomic mass is 16.2. The zero-order valence-electron chi connectivity index (χ0n) is 16.8. The van der Waals surface area contributed by atoms with Crippen LogP contribution in [-0.4, -0.2) is 23.2 Å². The van der Waals surface area contributed by atoms with Gasteiger partial charge < -0.3 is 10.6 Å². The highest BCUT2D eigenvalue weighted by molar-refractivity contribution is 6.55. The smallest absolute Gasteiger partial charge is 0.275 e. The zero-order chi connectivity index (χ0) is 21.7. The summed E-state index contributed by atoms with van der Waals surface area (Å²) in [5.74, 6) is -0.447. The van der Waals surface area contributed by atoms with E-state index in [-0.39, 0.29) is 11.8 Å². The number of fused-ring (bicyclic) bond motifs is 3. The number of nitrogens with zero attached hydrogens (tertiary/aromatic N) is 2.